The van der Waals surface area contributed by atoms with Crippen LogP contribution in [0.1, 0.15) is 5.56 Å². The number of ether oxygens (including phenoxy) is 3. The number of nitrogens with one attached hydrogen (secondary N) is 1. The van der Waals surface area contributed by atoms with Crippen LogP contribution in [-0.4, -0.2) is 26.0 Å². The maximum Gasteiger partial charge on any atom is 0.573 e. The Hall–Kier alpha value is -2.51. The Bertz CT molecular complexity index is 817. The van der Waals surface area contributed by atoms with Gasteiger partial charge in [0.1, 0.15) is 5.75 Å². The van der Waals surface area contributed by atoms with Gasteiger partial charge in [-0.2, -0.15) is 8.78 Å². The molecule has 6 nitrogen and oxygen atoms in total. The number of nitrogens with two attached hydrogens (primary N) is 1. The van der Waals surface area contributed by atoms with Crippen molar-refractivity contribution < 1.29 is 36.2 Å². The zero-order valence-corrected chi connectivity index (χ0v) is 17.2. The van der Waals surface area contributed by atoms with Gasteiger partial charge >= 0.3 is 13.0 Å². The van der Waals surface area contributed by atoms with Gasteiger partial charge in [-0.25, -0.2) is 4.99 Å². The summed E-state index contributed by atoms with van der Waals surface area (Å²) in [7, 11) is 1.32. The second-order valence-corrected chi connectivity index (χ2v) is 5.26. The SMILES string of the molecule is COc1ccc(CN=C(N)Nc2ccc(OC(F)(F)F)cc2)cc1OC(F)F.I. The second-order valence-electron chi connectivity index (χ2n) is 5.26. The van der Waals surface area contributed by atoms with E-state index in [1.807, 2.05) is 0 Å². The molecule has 0 bridgehead atoms. The average Bonchev–Trinajstić information content (AvgIpc) is 2.60. The molecule has 2 aromatic rings. The van der Waals surface area contributed by atoms with Crippen LogP contribution in [0.25, 0.3) is 0 Å². The molecule has 0 fully saturated rings. The Kier molecular flexibility index (Phi) is 9.20. The fraction of sp³-hybridized carbons (Fsp3) is 0.235. The highest BCUT2D eigenvalue weighted by molar-refractivity contribution is 14.0. The lowest BCUT2D eigenvalue weighted by Gasteiger charge is -2.11. The summed E-state index contributed by atoms with van der Waals surface area (Å²) < 4.78 is 74.3. The van der Waals surface area contributed by atoms with Gasteiger partial charge in [-0.1, -0.05) is 6.07 Å². The van der Waals surface area contributed by atoms with E-state index in [1.165, 1.54) is 31.4 Å². The maximum atomic E-state index is 12.4. The van der Waals surface area contributed by atoms with Gasteiger partial charge in [0.15, 0.2) is 17.5 Å². The van der Waals surface area contributed by atoms with Crippen molar-refractivity contribution in [2.75, 3.05) is 12.4 Å². The average molecular weight is 533 g/mol. The van der Waals surface area contributed by atoms with E-state index in [9.17, 15) is 22.0 Å². The number of benzene rings is 2. The van der Waals surface area contributed by atoms with Gasteiger partial charge in [-0.15, -0.1) is 37.1 Å². The molecule has 0 unspecified atom stereocenters. The molecule has 0 spiro atoms. The summed E-state index contributed by atoms with van der Waals surface area (Å²) in [6, 6.07) is 9.26. The molecule has 0 saturated heterocycles. The first-order valence-corrected chi connectivity index (χ1v) is 7.71. The predicted octanol–water partition coefficient (Wildman–Crippen LogP) is 4.74. The highest BCUT2D eigenvalue weighted by Gasteiger charge is 2.30. The number of guanidine groups is 1. The first-order chi connectivity index (χ1) is 13.2. The Morgan fingerprint density at radius 2 is 1.76 bits per heavy atom. The standard InChI is InChI=1S/C17H16F5N3O3.HI/c1-26-13-7-2-10(8-14(13)27-15(18)19)9-24-16(23)25-11-3-5-12(6-4-11)28-17(20,21)22;/h2-8,15H,9H2,1H3,(H3,23,24,25);1H. The first kappa shape index (κ1) is 24.5. The van der Waals surface area contributed by atoms with Crippen molar-refractivity contribution in [3.05, 3.63) is 48.0 Å². The molecule has 0 heterocycles. The fourth-order valence-corrected chi connectivity index (χ4v) is 2.11. The quantitative estimate of drug-likeness (QED) is 0.233. The fourth-order valence-electron chi connectivity index (χ4n) is 2.11. The van der Waals surface area contributed by atoms with Crippen LogP contribution < -0.4 is 25.3 Å². The molecule has 12 heteroatoms. The van der Waals surface area contributed by atoms with E-state index in [0.29, 0.717) is 11.3 Å². The number of nitrogens with zero attached hydrogens (tertiary/aromatic N) is 1. The molecule has 0 aliphatic carbocycles. The number of anilines is 1. The zero-order valence-electron chi connectivity index (χ0n) is 14.9. The normalized spacial score (nSPS) is 11.6. The molecule has 3 N–H and O–H groups in total. The number of halogens is 6. The highest BCUT2D eigenvalue weighted by atomic mass is 127. The summed E-state index contributed by atoms with van der Waals surface area (Å²) in [5.74, 6) is -0.410. The van der Waals surface area contributed by atoms with Crippen LogP contribution in [0, 0.1) is 0 Å². The van der Waals surface area contributed by atoms with Crippen LogP contribution >= 0.6 is 24.0 Å². The van der Waals surface area contributed by atoms with Crippen LogP contribution in [-0.2, 0) is 6.54 Å². The minimum absolute atomic E-state index is 0. The van der Waals surface area contributed by atoms with Crippen LogP contribution in [0.3, 0.4) is 0 Å². The molecule has 2 rings (SSSR count). The van der Waals surface area contributed by atoms with Crippen molar-refractivity contribution in [3.8, 4) is 17.2 Å². The van der Waals surface area contributed by atoms with Gasteiger partial charge in [0.2, 0.25) is 0 Å². The van der Waals surface area contributed by atoms with Crippen LogP contribution in [0.5, 0.6) is 17.2 Å². The van der Waals surface area contributed by atoms with Gasteiger partial charge in [0.25, 0.3) is 0 Å². The third-order valence-electron chi connectivity index (χ3n) is 3.24. The Morgan fingerprint density at radius 3 is 2.31 bits per heavy atom. The van der Waals surface area contributed by atoms with E-state index >= 15 is 0 Å². The second kappa shape index (κ2) is 10.9. The lowest BCUT2D eigenvalue weighted by Crippen LogP contribution is -2.22. The lowest BCUT2D eigenvalue weighted by molar-refractivity contribution is -0.274. The van der Waals surface area contributed by atoms with Crippen LogP contribution in [0.15, 0.2) is 47.5 Å². The highest BCUT2D eigenvalue weighted by Crippen LogP contribution is 2.29. The van der Waals surface area contributed by atoms with Crippen LogP contribution in [0.4, 0.5) is 27.6 Å². The summed E-state index contributed by atoms with van der Waals surface area (Å²) >= 11 is 0. The number of alkyl halides is 5. The molecule has 0 radical (unpaired) electrons. The van der Waals surface area contributed by atoms with E-state index in [0.717, 1.165) is 12.1 Å². The minimum atomic E-state index is -4.78. The van der Waals surface area contributed by atoms with Crippen molar-refractivity contribution >= 4 is 35.6 Å². The van der Waals surface area contributed by atoms with E-state index in [2.05, 4.69) is 19.8 Å². The molecule has 0 saturated carbocycles. The summed E-state index contributed by atoms with van der Waals surface area (Å²) in [4.78, 5) is 4.04. The van der Waals surface area contributed by atoms with Gasteiger partial charge in [-0.3, -0.25) is 0 Å². The number of methoxy groups -OCH3 is 1. The monoisotopic (exact) mass is 533 g/mol. The number of hydrogen-bond acceptors (Lipinski definition) is 4. The number of hydrogen-bond donors (Lipinski definition) is 2. The van der Waals surface area contributed by atoms with Crippen molar-refractivity contribution in [1.29, 1.82) is 0 Å². The predicted molar refractivity (Wildman–Crippen MR) is 107 cm³/mol. The summed E-state index contributed by atoms with van der Waals surface area (Å²) in [6.45, 7) is -2.97. The molecular formula is C17H17F5IN3O3. The van der Waals surface area contributed by atoms with E-state index in [-0.39, 0.29) is 53.7 Å². The molecule has 0 atom stereocenters. The summed E-state index contributed by atoms with van der Waals surface area (Å²) in [5, 5.41) is 2.69. The molecule has 2 aromatic carbocycles. The summed E-state index contributed by atoms with van der Waals surface area (Å²) in [6.07, 6.45) is -4.78. The van der Waals surface area contributed by atoms with Gasteiger partial charge in [0.05, 0.1) is 13.7 Å². The van der Waals surface area contributed by atoms with Crippen molar-refractivity contribution in [3.63, 3.8) is 0 Å². The maximum absolute atomic E-state index is 12.4. The molecule has 0 aliphatic heterocycles. The molecule has 0 amide bonds. The Labute approximate surface area is 179 Å². The Morgan fingerprint density at radius 1 is 1.10 bits per heavy atom. The smallest absolute Gasteiger partial charge is 0.493 e. The minimum Gasteiger partial charge on any atom is -0.493 e. The molecule has 0 aromatic heterocycles. The van der Waals surface area contributed by atoms with Gasteiger partial charge < -0.3 is 25.3 Å². The Balaban J connectivity index is 0.00000420. The first-order valence-electron chi connectivity index (χ1n) is 7.71. The van der Waals surface area contributed by atoms with Crippen LogP contribution in [0.2, 0.25) is 0 Å². The largest absolute Gasteiger partial charge is 0.573 e. The van der Waals surface area contributed by atoms with E-state index in [1.54, 1.807) is 6.07 Å². The van der Waals surface area contributed by atoms with Crippen molar-refractivity contribution in [1.82, 2.24) is 0 Å². The number of rotatable bonds is 7. The zero-order chi connectivity index (χ0) is 20.7. The summed E-state index contributed by atoms with van der Waals surface area (Å²) in [5.41, 5.74) is 6.62. The molecule has 0 aliphatic rings. The molecule has 160 valence electrons. The van der Waals surface area contributed by atoms with Gasteiger partial charge in [0, 0.05) is 5.69 Å². The lowest BCUT2D eigenvalue weighted by atomic mass is 10.2. The van der Waals surface area contributed by atoms with E-state index in [4.69, 9.17) is 10.5 Å². The third kappa shape index (κ3) is 8.58. The van der Waals surface area contributed by atoms with E-state index < -0.39 is 13.0 Å². The topological polar surface area (TPSA) is 78.1 Å². The third-order valence-corrected chi connectivity index (χ3v) is 3.24. The van der Waals surface area contributed by atoms with Crippen molar-refractivity contribution in [2.24, 2.45) is 10.7 Å². The van der Waals surface area contributed by atoms with Crippen molar-refractivity contribution in [2.45, 2.75) is 19.5 Å². The molecular weight excluding hydrogens is 516 g/mol. The number of aliphatic imine (C=N–C) groups is 1. The molecule has 29 heavy (non-hydrogen) atoms. The van der Waals surface area contributed by atoms with Gasteiger partial charge in [-0.05, 0) is 42.0 Å².